The SMILES string of the molecule is CCCNCCC(C)(C)Cc1cc(CC)nn1C. The van der Waals surface area contributed by atoms with Gasteiger partial charge in [-0.2, -0.15) is 5.10 Å². The van der Waals surface area contributed by atoms with Gasteiger partial charge >= 0.3 is 0 Å². The molecule has 0 spiro atoms. The van der Waals surface area contributed by atoms with Crippen molar-refractivity contribution in [2.24, 2.45) is 12.5 Å². The zero-order valence-electron chi connectivity index (χ0n) is 12.7. The van der Waals surface area contributed by atoms with Crippen molar-refractivity contribution >= 4 is 0 Å². The topological polar surface area (TPSA) is 29.9 Å². The van der Waals surface area contributed by atoms with Gasteiger partial charge in [-0.1, -0.05) is 27.7 Å². The summed E-state index contributed by atoms with van der Waals surface area (Å²) < 4.78 is 2.04. The highest BCUT2D eigenvalue weighted by molar-refractivity contribution is 5.11. The van der Waals surface area contributed by atoms with E-state index in [2.05, 4.69) is 51.2 Å². The van der Waals surface area contributed by atoms with Gasteiger partial charge in [0.2, 0.25) is 0 Å². The Hall–Kier alpha value is -0.830. The second-order valence-corrected chi connectivity index (χ2v) is 5.95. The largest absolute Gasteiger partial charge is 0.317 e. The molecule has 0 aromatic carbocycles. The van der Waals surface area contributed by atoms with Crippen molar-refractivity contribution in [3.05, 3.63) is 17.5 Å². The van der Waals surface area contributed by atoms with Crippen LogP contribution in [-0.2, 0) is 19.9 Å². The number of aromatic nitrogens is 2. The molecule has 0 aliphatic heterocycles. The van der Waals surface area contributed by atoms with Crippen molar-refractivity contribution in [3.63, 3.8) is 0 Å². The van der Waals surface area contributed by atoms with Gasteiger partial charge in [0.15, 0.2) is 0 Å². The van der Waals surface area contributed by atoms with E-state index in [-0.39, 0.29) is 0 Å². The highest BCUT2D eigenvalue weighted by Gasteiger charge is 2.20. The van der Waals surface area contributed by atoms with E-state index in [0.717, 1.165) is 25.9 Å². The predicted octanol–water partition coefficient (Wildman–Crippen LogP) is 2.94. The first-order valence-corrected chi connectivity index (χ1v) is 7.21. The van der Waals surface area contributed by atoms with E-state index in [1.165, 1.54) is 24.2 Å². The van der Waals surface area contributed by atoms with E-state index >= 15 is 0 Å². The van der Waals surface area contributed by atoms with Crippen molar-refractivity contribution in [2.45, 2.75) is 53.4 Å². The maximum atomic E-state index is 4.52. The maximum absolute atomic E-state index is 4.52. The summed E-state index contributed by atoms with van der Waals surface area (Å²) in [5.74, 6) is 0. The minimum absolute atomic E-state index is 0.333. The Kier molecular flexibility index (Phi) is 5.86. The quantitative estimate of drug-likeness (QED) is 0.720. The minimum Gasteiger partial charge on any atom is -0.317 e. The molecular formula is C15H29N3. The smallest absolute Gasteiger partial charge is 0.0624 e. The molecule has 18 heavy (non-hydrogen) atoms. The van der Waals surface area contributed by atoms with Crippen LogP contribution in [0.25, 0.3) is 0 Å². The zero-order chi connectivity index (χ0) is 13.6. The van der Waals surface area contributed by atoms with Crippen LogP contribution in [0.2, 0.25) is 0 Å². The first-order chi connectivity index (χ1) is 8.48. The van der Waals surface area contributed by atoms with Crippen molar-refractivity contribution in [3.8, 4) is 0 Å². The molecular weight excluding hydrogens is 222 g/mol. The number of aryl methyl sites for hydroxylation is 2. The standard InChI is InChI=1S/C15H29N3/c1-6-9-16-10-8-15(3,4)12-14-11-13(7-2)17-18(14)5/h11,16H,6-10,12H2,1-5H3. The number of nitrogens with one attached hydrogen (secondary N) is 1. The molecule has 1 rings (SSSR count). The minimum atomic E-state index is 0.333. The van der Waals surface area contributed by atoms with Crippen LogP contribution in [0.1, 0.15) is 51.9 Å². The molecule has 0 radical (unpaired) electrons. The predicted molar refractivity (Wildman–Crippen MR) is 77.8 cm³/mol. The van der Waals surface area contributed by atoms with Crippen LogP contribution in [-0.4, -0.2) is 22.9 Å². The average molecular weight is 251 g/mol. The second-order valence-electron chi connectivity index (χ2n) is 5.95. The van der Waals surface area contributed by atoms with Crippen LogP contribution in [0.4, 0.5) is 0 Å². The van der Waals surface area contributed by atoms with Crippen LogP contribution in [0.3, 0.4) is 0 Å². The Balaban J connectivity index is 2.50. The van der Waals surface area contributed by atoms with Gasteiger partial charge in [0.1, 0.15) is 0 Å². The molecule has 0 saturated heterocycles. The van der Waals surface area contributed by atoms with Crippen LogP contribution < -0.4 is 5.32 Å². The number of hydrogen-bond donors (Lipinski definition) is 1. The second kappa shape index (κ2) is 6.93. The Bertz CT molecular complexity index is 353. The van der Waals surface area contributed by atoms with Gasteiger partial charge in [0.05, 0.1) is 5.69 Å². The van der Waals surface area contributed by atoms with E-state index in [1.54, 1.807) is 0 Å². The summed E-state index contributed by atoms with van der Waals surface area (Å²) in [7, 11) is 2.06. The first kappa shape index (κ1) is 15.2. The Morgan fingerprint density at radius 2 is 2.00 bits per heavy atom. The first-order valence-electron chi connectivity index (χ1n) is 7.21. The lowest BCUT2D eigenvalue weighted by Gasteiger charge is -2.24. The van der Waals surface area contributed by atoms with Gasteiger partial charge < -0.3 is 5.32 Å². The summed E-state index contributed by atoms with van der Waals surface area (Å²) in [5, 5.41) is 8.01. The van der Waals surface area contributed by atoms with Crippen molar-refractivity contribution < 1.29 is 0 Å². The third-order valence-corrected chi connectivity index (χ3v) is 3.45. The summed E-state index contributed by atoms with van der Waals surface area (Å²) in [6.07, 6.45) is 4.54. The molecule has 0 amide bonds. The molecule has 0 aliphatic carbocycles. The molecule has 1 heterocycles. The molecule has 3 nitrogen and oxygen atoms in total. The van der Waals surface area contributed by atoms with E-state index < -0.39 is 0 Å². The molecule has 0 fully saturated rings. The molecule has 0 bridgehead atoms. The fourth-order valence-corrected chi connectivity index (χ4v) is 2.22. The lowest BCUT2D eigenvalue weighted by molar-refractivity contribution is 0.318. The molecule has 1 aromatic heterocycles. The van der Waals surface area contributed by atoms with Gasteiger partial charge in [-0.25, -0.2) is 0 Å². The van der Waals surface area contributed by atoms with Crippen molar-refractivity contribution in [1.82, 2.24) is 15.1 Å². The number of hydrogen-bond acceptors (Lipinski definition) is 2. The summed E-state index contributed by atoms with van der Waals surface area (Å²) in [6, 6.07) is 2.25. The van der Waals surface area contributed by atoms with E-state index in [4.69, 9.17) is 0 Å². The molecule has 0 atom stereocenters. The third-order valence-electron chi connectivity index (χ3n) is 3.45. The van der Waals surface area contributed by atoms with E-state index in [0.29, 0.717) is 5.41 Å². The molecule has 1 N–H and O–H groups in total. The van der Waals surface area contributed by atoms with Gasteiger partial charge in [-0.3, -0.25) is 4.68 Å². The average Bonchev–Trinajstić information content (AvgIpc) is 2.65. The number of nitrogens with zero attached hydrogens (tertiary/aromatic N) is 2. The molecule has 104 valence electrons. The molecule has 0 unspecified atom stereocenters. The van der Waals surface area contributed by atoms with Crippen molar-refractivity contribution in [1.29, 1.82) is 0 Å². The van der Waals surface area contributed by atoms with E-state index in [1.807, 2.05) is 4.68 Å². The van der Waals surface area contributed by atoms with Crippen LogP contribution in [0.15, 0.2) is 6.07 Å². The Labute approximate surface area is 112 Å². The Morgan fingerprint density at radius 1 is 1.28 bits per heavy atom. The van der Waals surface area contributed by atoms with Gasteiger partial charge in [-0.05, 0) is 50.3 Å². The lowest BCUT2D eigenvalue weighted by atomic mass is 9.84. The highest BCUT2D eigenvalue weighted by Crippen LogP contribution is 2.25. The van der Waals surface area contributed by atoms with Crippen LogP contribution >= 0.6 is 0 Å². The fraction of sp³-hybridized carbons (Fsp3) is 0.800. The normalized spacial score (nSPS) is 12.1. The Morgan fingerprint density at radius 3 is 2.56 bits per heavy atom. The molecule has 0 aliphatic rings. The van der Waals surface area contributed by atoms with E-state index in [9.17, 15) is 0 Å². The van der Waals surface area contributed by atoms with Crippen LogP contribution in [0.5, 0.6) is 0 Å². The van der Waals surface area contributed by atoms with Crippen LogP contribution in [0, 0.1) is 5.41 Å². The van der Waals surface area contributed by atoms with Crippen molar-refractivity contribution in [2.75, 3.05) is 13.1 Å². The maximum Gasteiger partial charge on any atom is 0.0624 e. The summed E-state index contributed by atoms with van der Waals surface area (Å²) >= 11 is 0. The molecule has 1 aromatic rings. The third kappa shape index (κ3) is 4.81. The monoisotopic (exact) mass is 251 g/mol. The zero-order valence-corrected chi connectivity index (χ0v) is 12.7. The fourth-order valence-electron chi connectivity index (χ4n) is 2.22. The summed E-state index contributed by atoms with van der Waals surface area (Å²) in [6.45, 7) is 11.3. The summed E-state index contributed by atoms with van der Waals surface area (Å²) in [5.41, 5.74) is 2.89. The highest BCUT2D eigenvalue weighted by atomic mass is 15.3. The molecule has 3 heteroatoms. The lowest BCUT2D eigenvalue weighted by Crippen LogP contribution is -2.25. The number of rotatable bonds is 8. The van der Waals surface area contributed by atoms with Gasteiger partial charge in [-0.15, -0.1) is 0 Å². The molecule has 0 saturated carbocycles. The van der Waals surface area contributed by atoms with Gasteiger partial charge in [0.25, 0.3) is 0 Å². The summed E-state index contributed by atoms with van der Waals surface area (Å²) in [4.78, 5) is 0. The van der Waals surface area contributed by atoms with Gasteiger partial charge in [0, 0.05) is 12.7 Å².